The summed E-state index contributed by atoms with van der Waals surface area (Å²) in [6, 6.07) is 5.73. The van der Waals surface area contributed by atoms with Gasteiger partial charge in [-0.05, 0) is 34.1 Å². The van der Waals surface area contributed by atoms with Crippen molar-refractivity contribution in [2.45, 2.75) is 6.10 Å². The predicted molar refractivity (Wildman–Crippen MR) is 84.9 cm³/mol. The van der Waals surface area contributed by atoms with Crippen LogP contribution in [0.4, 0.5) is 0 Å². The van der Waals surface area contributed by atoms with Crippen molar-refractivity contribution >= 4 is 31.9 Å². The van der Waals surface area contributed by atoms with Gasteiger partial charge in [0.25, 0.3) is 0 Å². The Labute approximate surface area is 136 Å². The van der Waals surface area contributed by atoms with Gasteiger partial charge < -0.3 is 19.1 Å². The average molecular weight is 410 g/mol. The van der Waals surface area contributed by atoms with E-state index < -0.39 is 6.10 Å². The fourth-order valence-corrected chi connectivity index (χ4v) is 3.47. The second-order valence-electron chi connectivity index (χ2n) is 5.40. The van der Waals surface area contributed by atoms with Crippen molar-refractivity contribution in [2.24, 2.45) is 0 Å². The number of hydrogen-bond donors (Lipinski definition) is 1. The van der Waals surface area contributed by atoms with Gasteiger partial charge in [-0.25, -0.2) is 0 Å². The zero-order chi connectivity index (χ0) is 14.6. The molecule has 0 unspecified atom stereocenters. The molecule has 0 saturated carbocycles. The smallest absolute Gasteiger partial charge is 0.137 e. The predicted octanol–water partition coefficient (Wildman–Crippen LogP) is 2.43. The molecule has 1 aliphatic rings. The van der Waals surface area contributed by atoms with Gasteiger partial charge in [0.1, 0.15) is 38.1 Å². The summed E-state index contributed by atoms with van der Waals surface area (Å²) in [6.45, 7) is 4.41. The largest absolute Gasteiger partial charge is 0.489 e. The van der Waals surface area contributed by atoms with Crippen LogP contribution in [0.3, 0.4) is 0 Å². The standard InChI is InChI=1S/C14H20Br2NO3/c1-17(4-6-19-7-5-17)9-12(18)10-20-14-3-2-11(15)8-13(14)16/h2-3,8,12,18H,4-7,9-10H2,1H3/q+1/t12-/m0/s1. The summed E-state index contributed by atoms with van der Waals surface area (Å²) < 4.78 is 13.8. The molecule has 0 spiro atoms. The van der Waals surface area contributed by atoms with Crippen LogP contribution in [-0.2, 0) is 4.74 Å². The van der Waals surface area contributed by atoms with Gasteiger partial charge >= 0.3 is 0 Å². The van der Waals surface area contributed by atoms with Gasteiger partial charge in [-0.1, -0.05) is 15.9 Å². The van der Waals surface area contributed by atoms with Crippen molar-refractivity contribution in [1.82, 2.24) is 0 Å². The van der Waals surface area contributed by atoms with Crippen molar-refractivity contribution < 1.29 is 19.1 Å². The van der Waals surface area contributed by atoms with Gasteiger partial charge in [-0.3, -0.25) is 0 Å². The fourth-order valence-electron chi connectivity index (χ4n) is 2.31. The van der Waals surface area contributed by atoms with E-state index in [9.17, 15) is 5.11 Å². The number of quaternary nitrogens is 1. The molecule has 1 fully saturated rings. The van der Waals surface area contributed by atoms with Crippen LogP contribution in [0, 0.1) is 0 Å². The molecule has 1 aromatic rings. The summed E-state index contributed by atoms with van der Waals surface area (Å²) in [4.78, 5) is 0. The van der Waals surface area contributed by atoms with Crippen LogP contribution < -0.4 is 4.74 Å². The number of aliphatic hydroxyl groups excluding tert-OH is 1. The Morgan fingerprint density at radius 1 is 1.35 bits per heavy atom. The summed E-state index contributed by atoms with van der Waals surface area (Å²) in [7, 11) is 2.15. The Morgan fingerprint density at radius 2 is 2.05 bits per heavy atom. The van der Waals surface area contributed by atoms with Crippen LogP contribution in [-0.4, -0.2) is 62.2 Å². The average Bonchev–Trinajstić information content (AvgIpc) is 2.38. The van der Waals surface area contributed by atoms with Crippen LogP contribution in [0.2, 0.25) is 0 Å². The maximum Gasteiger partial charge on any atom is 0.137 e. The highest BCUT2D eigenvalue weighted by Crippen LogP contribution is 2.28. The highest BCUT2D eigenvalue weighted by atomic mass is 79.9. The second-order valence-corrected chi connectivity index (χ2v) is 7.17. The highest BCUT2D eigenvalue weighted by Gasteiger charge is 2.28. The van der Waals surface area contributed by atoms with E-state index in [0.717, 1.165) is 45.5 Å². The number of benzene rings is 1. The normalized spacial score (nSPS) is 19.6. The summed E-state index contributed by atoms with van der Waals surface area (Å²) in [5.41, 5.74) is 0. The van der Waals surface area contributed by atoms with Gasteiger partial charge in [0, 0.05) is 4.47 Å². The Bertz CT molecular complexity index is 450. The number of likely N-dealkylation sites (N-methyl/N-ethyl adjacent to an activating group) is 1. The van der Waals surface area contributed by atoms with Crippen molar-refractivity contribution in [3.8, 4) is 5.75 Å². The minimum atomic E-state index is -0.478. The van der Waals surface area contributed by atoms with Crippen molar-refractivity contribution in [3.63, 3.8) is 0 Å². The lowest BCUT2D eigenvalue weighted by molar-refractivity contribution is -0.919. The molecule has 0 amide bonds. The minimum Gasteiger partial charge on any atom is -0.489 e. The van der Waals surface area contributed by atoms with E-state index in [1.807, 2.05) is 18.2 Å². The highest BCUT2D eigenvalue weighted by molar-refractivity contribution is 9.11. The molecule has 1 aliphatic heterocycles. The SMILES string of the molecule is C[N+]1(C[C@H](O)COc2ccc(Br)cc2Br)CCOCC1. The molecule has 1 saturated heterocycles. The van der Waals surface area contributed by atoms with E-state index in [1.165, 1.54) is 0 Å². The molecule has 112 valence electrons. The summed E-state index contributed by atoms with van der Waals surface area (Å²) in [5, 5.41) is 10.2. The maximum atomic E-state index is 10.2. The van der Waals surface area contributed by atoms with Crippen LogP contribution >= 0.6 is 31.9 Å². The first-order valence-electron chi connectivity index (χ1n) is 6.66. The number of aliphatic hydroxyl groups is 1. The Kier molecular flexibility index (Phi) is 5.86. The van der Waals surface area contributed by atoms with Gasteiger partial charge in [-0.2, -0.15) is 0 Å². The summed E-state index contributed by atoms with van der Waals surface area (Å²) in [6.07, 6.45) is -0.478. The van der Waals surface area contributed by atoms with Crippen LogP contribution in [0.5, 0.6) is 5.75 Å². The number of nitrogens with zero attached hydrogens (tertiary/aromatic N) is 1. The van der Waals surface area contributed by atoms with Gasteiger partial charge in [-0.15, -0.1) is 0 Å². The zero-order valence-corrected chi connectivity index (χ0v) is 14.7. The lowest BCUT2D eigenvalue weighted by Crippen LogP contribution is -2.56. The molecule has 0 aromatic heterocycles. The summed E-state index contributed by atoms with van der Waals surface area (Å²) in [5.74, 6) is 0.747. The molecule has 0 aliphatic carbocycles. The van der Waals surface area contributed by atoms with Crippen LogP contribution in [0.25, 0.3) is 0 Å². The molecule has 0 radical (unpaired) electrons. The zero-order valence-electron chi connectivity index (χ0n) is 11.5. The maximum absolute atomic E-state index is 10.2. The van der Waals surface area contributed by atoms with Crippen molar-refractivity contribution in [1.29, 1.82) is 0 Å². The van der Waals surface area contributed by atoms with E-state index in [1.54, 1.807) is 0 Å². The van der Waals surface area contributed by atoms with E-state index in [4.69, 9.17) is 9.47 Å². The Balaban J connectivity index is 1.84. The van der Waals surface area contributed by atoms with Gasteiger partial charge in [0.15, 0.2) is 0 Å². The first-order valence-corrected chi connectivity index (χ1v) is 8.24. The van der Waals surface area contributed by atoms with Crippen molar-refractivity contribution in [2.75, 3.05) is 46.5 Å². The quantitative estimate of drug-likeness (QED) is 0.759. The lowest BCUT2D eigenvalue weighted by atomic mass is 10.2. The molecular weight excluding hydrogens is 390 g/mol. The summed E-state index contributed by atoms with van der Waals surface area (Å²) >= 11 is 6.85. The third kappa shape index (κ3) is 4.70. The third-order valence-electron chi connectivity index (χ3n) is 3.53. The van der Waals surface area contributed by atoms with E-state index in [-0.39, 0.29) is 0 Å². The lowest BCUT2D eigenvalue weighted by Gasteiger charge is -2.38. The number of rotatable bonds is 5. The monoisotopic (exact) mass is 408 g/mol. The van der Waals surface area contributed by atoms with Gasteiger partial charge in [0.2, 0.25) is 0 Å². The molecule has 20 heavy (non-hydrogen) atoms. The fraction of sp³-hybridized carbons (Fsp3) is 0.571. The minimum absolute atomic E-state index is 0.301. The number of halogens is 2. The molecule has 1 atom stereocenters. The molecule has 6 heteroatoms. The van der Waals surface area contributed by atoms with E-state index in [2.05, 4.69) is 38.9 Å². The number of morpholine rings is 1. The molecule has 2 rings (SSSR count). The first-order chi connectivity index (χ1) is 9.48. The molecule has 1 aromatic carbocycles. The molecule has 4 nitrogen and oxygen atoms in total. The first kappa shape index (κ1) is 16.2. The molecule has 1 N–H and O–H groups in total. The number of ether oxygens (including phenoxy) is 2. The topological polar surface area (TPSA) is 38.7 Å². The molecule has 0 bridgehead atoms. The molecule has 1 heterocycles. The third-order valence-corrected chi connectivity index (χ3v) is 4.64. The molecular formula is C14H20Br2NO3+. The number of hydrogen-bond acceptors (Lipinski definition) is 3. The second kappa shape index (κ2) is 7.22. The van der Waals surface area contributed by atoms with E-state index >= 15 is 0 Å². The Hall–Kier alpha value is -0.140. The van der Waals surface area contributed by atoms with Gasteiger partial charge in [0.05, 0.1) is 24.7 Å². The van der Waals surface area contributed by atoms with Crippen LogP contribution in [0.15, 0.2) is 27.1 Å². The Morgan fingerprint density at radius 3 is 2.70 bits per heavy atom. The van der Waals surface area contributed by atoms with Crippen molar-refractivity contribution in [3.05, 3.63) is 27.1 Å². The van der Waals surface area contributed by atoms with Crippen LogP contribution in [0.1, 0.15) is 0 Å². The van der Waals surface area contributed by atoms with E-state index in [0.29, 0.717) is 13.2 Å².